The number of hydrogen-bond donors (Lipinski definition) is 2. The maximum Gasteiger partial charge on any atom is 0.225 e. The number of likely N-dealkylation sites (tertiary alicyclic amines) is 1. The van der Waals surface area contributed by atoms with Crippen LogP contribution in [-0.4, -0.2) is 62.3 Å². The Hall–Kier alpha value is -1.39. The smallest absolute Gasteiger partial charge is 0.225 e. The quantitative estimate of drug-likeness (QED) is 0.299. The van der Waals surface area contributed by atoms with Gasteiger partial charge in [0.05, 0.1) is 12.7 Å². The summed E-state index contributed by atoms with van der Waals surface area (Å²) >= 11 is 0. The highest BCUT2D eigenvalue weighted by Gasteiger charge is 2.32. The van der Waals surface area contributed by atoms with Gasteiger partial charge >= 0.3 is 0 Å². The summed E-state index contributed by atoms with van der Waals surface area (Å²) in [7, 11) is 1.80. The van der Waals surface area contributed by atoms with Gasteiger partial charge in [0.1, 0.15) is 0 Å². The van der Waals surface area contributed by atoms with Crippen LogP contribution in [0, 0.1) is 5.92 Å². The minimum Gasteiger partial charge on any atom is -0.381 e. The lowest BCUT2D eigenvalue weighted by atomic mass is 10.1. The molecule has 1 aromatic rings. The molecule has 2 N–H and O–H groups in total. The fraction of sp³-hybridized carbons (Fsp3) is 0.680. The predicted molar refractivity (Wildman–Crippen MR) is 141 cm³/mol. The zero-order chi connectivity index (χ0) is 22.2. The Morgan fingerprint density at radius 2 is 1.91 bits per heavy atom. The summed E-state index contributed by atoms with van der Waals surface area (Å²) in [6, 6.07) is 8.77. The summed E-state index contributed by atoms with van der Waals surface area (Å²) in [6.07, 6.45) is 7.77. The van der Waals surface area contributed by atoms with E-state index in [9.17, 15) is 4.79 Å². The maximum atomic E-state index is 12.7. The van der Waals surface area contributed by atoms with Crippen molar-refractivity contribution < 1.29 is 14.3 Å². The van der Waals surface area contributed by atoms with Gasteiger partial charge in [-0.1, -0.05) is 37.1 Å². The second-order valence-corrected chi connectivity index (χ2v) is 9.26. The minimum absolute atomic E-state index is 0. The third-order valence-electron chi connectivity index (χ3n) is 6.87. The van der Waals surface area contributed by atoms with Crippen LogP contribution in [0.3, 0.4) is 0 Å². The van der Waals surface area contributed by atoms with Gasteiger partial charge in [-0.05, 0) is 43.2 Å². The van der Waals surface area contributed by atoms with E-state index in [-0.39, 0.29) is 35.9 Å². The number of nitrogens with one attached hydrogen (secondary N) is 2. The van der Waals surface area contributed by atoms with Crippen molar-refractivity contribution in [1.29, 1.82) is 0 Å². The highest BCUT2D eigenvalue weighted by Crippen LogP contribution is 2.27. The zero-order valence-corrected chi connectivity index (χ0v) is 22.1. The fourth-order valence-electron chi connectivity index (χ4n) is 4.97. The molecule has 0 bridgehead atoms. The number of halogens is 1. The van der Waals surface area contributed by atoms with Gasteiger partial charge in [-0.15, -0.1) is 24.0 Å². The van der Waals surface area contributed by atoms with Crippen molar-refractivity contribution in [1.82, 2.24) is 15.5 Å². The van der Waals surface area contributed by atoms with Crippen LogP contribution in [0.15, 0.2) is 29.3 Å². The van der Waals surface area contributed by atoms with Crippen molar-refractivity contribution in [2.45, 2.75) is 70.2 Å². The monoisotopic (exact) mass is 570 g/mol. The first-order valence-corrected chi connectivity index (χ1v) is 12.2. The second kappa shape index (κ2) is 13.5. The molecule has 8 heteroatoms. The number of guanidine groups is 1. The molecule has 2 saturated heterocycles. The lowest BCUT2D eigenvalue weighted by Crippen LogP contribution is -2.45. The summed E-state index contributed by atoms with van der Waals surface area (Å²) in [5, 5.41) is 6.93. The van der Waals surface area contributed by atoms with Crippen molar-refractivity contribution in [3.05, 3.63) is 35.4 Å². The first-order chi connectivity index (χ1) is 15.7. The van der Waals surface area contributed by atoms with Gasteiger partial charge in [0.25, 0.3) is 0 Å². The van der Waals surface area contributed by atoms with Crippen LogP contribution in [0.25, 0.3) is 0 Å². The number of nitrogens with zero attached hydrogens (tertiary/aromatic N) is 2. The van der Waals surface area contributed by atoms with Gasteiger partial charge < -0.3 is 25.0 Å². The highest BCUT2D eigenvalue weighted by molar-refractivity contribution is 14.0. The van der Waals surface area contributed by atoms with E-state index in [1.807, 2.05) is 4.90 Å². The Kier molecular flexibility index (Phi) is 10.7. The largest absolute Gasteiger partial charge is 0.381 e. The van der Waals surface area contributed by atoms with E-state index in [4.69, 9.17) is 9.47 Å². The van der Waals surface area contributed by atoms with Crippen LogP contribution in [-0.2, 0) is 27.4 Å². The second-order valence-electron chi connectivity index (χ2n) is 9.26. The molecule has 1 saturated carbocycles. The average Bonchev–Trinajstić information content (AvgIpc) is 3.53. The van der Waals surface area contributed by atoms with Crippen molar-refractivity contribution in [2.24, 2.45) is 10.9 Å². The Morgan fingerprint density at radius 1 is 1.15 bits per heavy atom. The molecule has 1 atom stereocenters. The van der Waals surface area contributed by atoms with Gasteiger partial charge in [-0.25, -0.2) is 0 Å². The van der Waals surface area contributed by atoms with Crippen molar-refractivity contribution in [3.63, 3.8) is 0 Å². The topological polar surface area (TPSA) is 75.2 Å². The lowest BCUT2D eigenvalue weighted by molar-refractivity contribution is -0.134. The molecule has 0 aromatic heterocycles. The number of carbonyl (C=O) groups excluding carboxylic acids is 1. The number of aliphatic imine (C=N–C) groups is 1. The van der Waals surface area contributed by atoms with Crippen LogP contribution in [0.4, 0.5) is 0 Å². The summed E-state index contributed by atoms with van der Waals surface area (Å²) in [5.74, 6) is 1.40. The Bertz CT molecular complexity index is 779. The molecule has 184 valence electrons. The number of benzene rings is 1. The van der Waals surface area contributed by atoms with Crippen LogP contribution in [0.1, 0.15) is 56.1 Å². The van der Waals surface area contributed by atoms with Crippen LogP contribution >= 0.6 is 24.0 Å². The molecule has 3 aliphatic rings. The number of ether oxygens (including phenoxy) is 2. The number of rotatable bonds is 7. The Morgan fingerprint density at radius 3 is 2.67 bits per heavy atom. The first-order valence-electron chi connectivity index (χ1n) is 12.2. The third-order valence-corrected chi connectivity index (χ3v) is 6.87. The summed E-state index contributed by atoms with van der Waals surface area (Å²) in [6.45, 7) is 4.55. The molecule has 1 amide bonds. The average molecular weight is 571 g/mol. The molecule has 4 rings (SSSR count). The molecule has 2 heterocycles. The van der Waals surface area contributed by atoms with Gasteiger partial charge in [-0.3, -0.25) is 9.79 Å². The van der Waals surface area contributed by atoms with E-state index in [0.29, 0.717) is 25.2 Å². The molecule has 1 aliphatic carbocycles. The van der Waals surface area contributed by atoms with Crippen LogP contribution in [0.2, 0.25) is 0 Å². The molecule has 1 aromatic carbocycles. The molecule has 1 unspecified atom stereocenters. The molecule has 3 fully saturated rings. The van der Waals surface area contributed by atoms with Crippen molar-refractivity contribution in [2.75, 3.05) is 33.4 Å². The van der Waals surface area contributed by atoms with Crippen molar-refractivity contribution in [3.8, 4) is 0 Å². The highest BCUT2D eigenvalue weighted by atomic mass is 127. The predicted octanol–water partition coefficient (Wildman–Crippen LogP) is 3.46. The van der Waals surface area contributed by atoms with E-state index in [0.717, 1.165) is 64.4 Å². The Balaban J connectivity index is 0.00000306. The summed E-state index contributed by atoms with van der Waals surface area (Å²) < 4.78 is 11.5. The molecule has 0 radical (unpaired) electrons. The number of hydrogen-bond acceptors (Lipinski definition) is 4. The number of amides is 1. The van der Waals surface area contributed by atoms with E-state index in [1.54, 1.807) is 7.05 Å². The van der Waals surface area contributed by atoms with E-state index >= 15 is 0 Å². The number of carbonyl (C=O) groups is 1. The molecular weight excluding hydrogens is 531 g/mol. The molecule has 0 spiro atoms. The van der Waals surface area contributed by atoms with Gasteiger partial charge in [0.2, 0.25) is 5.91 Å². The van der Waals surface area contributed by atoms with E-state index < -0.39 is 0 Å². The zero-order valence-electron chi connectivity index (χ0n) is 19.8. The van der Waals surface area contributed by atoms with E-state index in [2.05, 4.69) is 39.9 Å². The fourth-order valence-corrected chi connectivity index (χ4v) is 4.97. The molecule has 33 heavy (non-hydrogen) atoms. The van der Waals surface area contributed by atoms with Crippen LogP contribution in [0.5, 0.6) is 0 Å². The molecule has 7 nitrogen and oxygen atoms in total. The van der Waals surface area contributed by atoms with Gasteiger partial charge in [0.15, 0.2) is 5.96 Å². The summed E-state index contributed by atoms with van der Waals surface area (Å²) in [5.41, 5.74) is 2.39. The third kappa shape index (κ3) is 7.82. The summed E-state index contributed by atoms with van der Waals surface area (Å²) in [4.78, 5) is 19.1. The Labute approximate surface area is 215 Å². The van der Waals surface area contributed by atoms with E-state index in [1.165, 1.54) is 24.0 Å². The lowest BCUT2D eigenvalue weighted by Gasteiger charge is -2.22. The standard InChI is InChI=1S/C25H38N4O3.HI/c1-26-25(28-22-9-12-29(17-22)24(30)21-7-2-3-8-21)27-16-19-5-4-6-20(15-19)18-32-23-10-13-31-14-11-23;/h4-6,15,21-23H,2-3,7-14,16-18H2,1H3,(H2,26,27,28);1H. The molecule has 2 aliphatic heterocycles. The van der Waals surface area contributed by atoms with Crippen LogP contribution < -0.4 is 10.6 Å². The van der Waals surface area contributed by atoms with Gasteiger partial charge in [0, 0.05) is 51.9 Å². The minimum atomic E-state index is 0. The maximum absolute atomic E-state index is 12.7. The van der Waals surface area contributed by atoms with Crippen molar-refractivity contribution >= 4 is 35.8 Å². The SMILES string of the molecule is CN=C(NCc1cccc(COC2CCOCC2)c1)NC1CCN(C(=O)C2CCCC2)C1.I. The normalized spacial score (nSPS) is 22.3. The molecular formula is C25H39IN4O3. The van der Waals surface area contributed by atoms with Gasteiger partial charge in [-0.2, -0.15) is 0 Å². The first kappa shape index (κ1) is 26.2.